The molecular formula is C12H9NO. The number of hydrogen-bond acceptors (Lipinski definition) is 2. The van der Waals surface area contributed by atoms with Crippen molar-refractivity contribution in [3.05, 3.63) is 42.6 Å². The fraction of sp³-hybridized carbons (Fsp3) is 0.167. The van der Waals surface area contributed by atoms with Crippen LogP contribution in [0.25, 0.3) is 10.8 Å². The van der Waals surface area contributed by atoms with E-state index in [0.29, 0.717) is 6.61 Å². The summed E-state index contributed by atoms with van der Waals surface area (Å²) in [6, 6.07) is 8.12. The Morgan fingerprint density at radius 3 is 3.21 bits per heavy atom. The first-order valence-corrected chi connectivity index (χ1v) is 4.69. The highest BCUT2D eigenvalue weighted by atomic mass is 16.5. The van der Waals surface area contributed by atoms with Gasteiger partial charge < -0.3 is 4.74 Å². The molecule has 1 aromatic carbocycles. The first-order chi connectivity index (χ1) is 6.95. The van der Waals surface area contributed by atoms with Crippen LogP contribution in [0.1, 0.15) is 12.1 Å². The molecule has 0 saturated heterocycles. The van der Waals surface area contributed by atoms with Crippen LogP contribution < -0.4 is 4.74 Å². The third-order valence-corrected chi connectivity index (χ3v) is 2.39. The third-order valence-electron chi connectivity index (χ3n) is 2.39. The Balaban J connectivity index is 2.34. The molecule has 2 heterocycles. The molecule has 0 atom stereocenters. The Labute approximate surface area is 82.5 Å². The van der Waals surface area contributed by atoms with Crippen LogP contribution in [0.2, 0.25) is 0 Å². The van der Waals surface area contributed by atoms with E-state index in [1.165, 1.54) is 0 Å². The summed E-state index contributed by atoms with van der Waals surface area (Å²) in [4.78, 5) is 4.31. The van der Waals surface area contributed by atoms with Crippen molar-refractivity contribution in [3.63, 3.8) is 0 Å². The maximum absolute atomic E-state index is 5.61. The van der Waals surface area contributed by atoms with E-state index in [-0.39, 0.29) is 0 Å². The van der Waals surface area contributed by atoms with Gasteiger partial charge in [0.25, 0.3) is 0 Å². The number of rotatable bonds is 0. The monoisotopic (exact) mass is 183 g/mol. The fourth-order valence-corrected chi connectivity index (χ4v) is 1.73. The SMILES string of the molecule is [C]1CCOc2c1ncc1ccccc21. The van der Waals surface area contributed by atoms with Gasteiger partial charge in [-0.05, 0) is 6.42 Å². The summed E-state index contributed by atoms with van der Waals surface area (Å²) in [5.74, 6) is 0.884. The molecule has 3 rings (SSSR count). The Hall–Kier alpha value is -1.57. The number of pyridine rings is 1. The normalized spacial score (nSPS) is 14.9. The molecule has 0 spiro atoms. The summed E-state index contributed by atoms with van der Waals surface area (Å²) in [6.45, 7) is 0.711. The molecule has 2 radical (unpaired) electrons. The topological polar surface area (TPSA) is 22.1 Å². The van der Waals surface area contributed by atoms with Gasteiger partial charge in [0.05, 0.1) is 12.3 Å². The van der Waals surface area contributed by atoms with Crippen LogP contribution in [0, 0.1) is 6.42 Å². The first kappa shape index (κ1) is 7.80. The number of ether oxygens (including phenoxy) is 1. The van der Waals surface area contributed by atoms with Crippen molar-refractivity contribution >= 4 is 10.8 Å². The zero-order valence-electron chi connectivity index (χ0n) is 7.66. The van der Waals surface area contributed by atoms with Crippen molar-refractivity contribution in [1.29, 1.82) is 0 Å². The molecule has 1 aliphatic heterocycles. The molecule has 1 aromatic heterocycles. The molecule has 0 aliphatic carbocycles. The number of nitrogens with zero attached hydrogens (tertiary/aromatic N) is 1. The molecule has 0 bridgehead atoms. The smallest absolute Gasteiger partial charge is 0.149 e. The molecule has 0 fully saturated rings. The minimum atomic E-state index is 0.711. The van der Waals surface area contributed by atoms with E-state index in [1.807, 2.05) is 24.4 Å². The number of hydrogen-bond donors (Lipinski definition) is 0. The van der Waals surface area contributed by atoms with Crippen molar-refractivity contribution in [2.45, 2.75) is 6.42 Å². The van der Waals surface area contributed by atoms with Gasteiger partial charge in [0.15, 0.2) is 0 Å². The summed E-state index contributed by atoms with van der Waals surface area (Å²) in [6.07, 6.45) is 5.92. The predicted octanol–water partition coefficient (Wildman–Crippen LogP) is 2.45. The molecular weight excluding hydrogens is 174 g/mol. The molecule has 2 heteroatoms. The van der Waals surface area contributed by atoms with Gasteiger partial charge in [-0.2, -0.15) is 0 Å². The van der Waals surface area contributed by atoms with E-state index in [0.717, 1.165) is 28.6 Å². The van der Waals surface area contributed by atoms with Gasteiger partial charge in [-0.15, -0.1) is 0 Å². The van der Waals surface area contributed by atoms with E-state index in [4.69, 9.17) is 4.74 Å². The van der Waals surface area contributed by atoms with Gasteiger partial charge in [0, 0.05) is 23.4 Å². The standard InChI is InChI=1S/C12H9NO/c1-2-5-10-9(4-1)8-13-11-6-3-7-14-12(10)11/h1-2,4-5,8H,3,7H2. The van der Waals surface area contributed by atoms with Gasteiger partial charge in [-0.1, -0.05) is 24.3 Å². The minimum absolute atomic E-state index is 0.711. The van der Waals surface area contributed by atoms with Crippen LogP contribution in [0.5, 0.6) is 5.75 Å². The quantitative estimate of drug-likeness (QED) is 0.625. The summed E-state index contributed by atoms with van der Waals surface area (Å²) < 4.78 is 5.61. The third kappa shape index (κ3) is 1.07. The molecule has 0 saturated carbocycles. The molecule has 2 aromatic rings. The highest BCUT2D eigenvalue weighted by Crippen LogP contribution is 2.31. The van der Waals surface area contributed by atoms with Crippen molar-refractivity contribution in [1.82, 2.24) is 4.98 Å². The van der Waals surface area contributed by atoms with Crippen LogP contribution in [-0.4, -0.2) is 11.6 Å². The second kappa shape index (κ2) is 2.98. The second-order valence-corrected chi connectivity index (χ2v) is 3.30. The van der Waals surface area contributed by atoms with Crippen molar-refractivity contribution < 1.29 is 4.74 Å². The maximum atomic E-state index is 5.61. The van der Waals surface area contributed by atoms with Gasteiger partial charge in [0.2, 0.25) is 0 Å². The summed E-state index contributed by atoms with van der Waals surface area (Å²) in [5.41, 5.74) is 0.856. The molecule has 68 valence electrons. The summed E-state index contributed by atoms with van der Waals surface area (Å²) in [7, 11) is 0. The average Bonchev–Trinajstić information content (AvgIpc) is 2.29. The molecule has 2 nitrogen and oxygen atoms in total. The number of benzene rings is 1. The lowest BCUT2D eigenvalue weighted by atomic mass is 10.1. The Morgan fingerprint density at radius 2 is 2.21 bits per heavy atom. The lowest BCUT2D eigenvalue weighted by molar-refractivity contribution is 0.308. The van der Waals surface area contributed by atoms with E-state index >= 15 is 0 Å². The maximum Gasteiger partial charge on any atom is 0.149 e. The molecule has 14 heavy (non-hydrogen) atoms. The van der Waals surface area contributed by atoms with E-state index in [9.17, 15) is 0 Å². The largest absolute Gasteiger partial charge is 0.491 e. The van der Waals surface area contributed by atoms with E-state index < -0.39 is 0 Å². The Bertz CT molecular complexity index is 479. The van der Waals surface area contributed by atoms with Gasteiger partial charge in [0.1, 0.15) is 5.75 Å². The van der Waals surface area contributed by atoms with Crippen LogP contribution in [0.15, 0.2) is 30.5 Å². The van der Waals surface area contributed by atoms with Crippen LogP contribution in [0.4, 0.5) is 0 Å². The predicted molar refractivity (Wildman–Crippen MR) is 54.2 cm³/mol. The van der Waals surface area contributed by atoms with Crippen molar-refractivity contribution in [3.8, 4) is 5.75 Å². The van der Waals surface area contributed by atoms with E-state index in [1.54, 1.807) is 0 Å². The van der Waals surface area contributed by atoms with Crippen LogP contribution in [-0.2, 0) is 0 Å². The lowest BCUT2D eigenvalue weighted by Crippen LogP contribution is -2.08. The van der Waals surface area contributed by atoms with E-state index in [2.05, 4.69) is 17.5 Å². The van der Waals surface area contributed by atoms with Crippen LogP contribution >= 0.6 is 0 Å². The average molecular weight is 183 g/mol. The number of aromatic nitrogens is 1. The molecule has 1 aliphatic rings. The molecule has 0 N–H and O–H groups in total. The zero-order chi connectivity index (χ0) is 9.38. The highest BCUT2D eigenvalue weighted by Gasteiger charge is 2.14. The second-order valence-electron chi connectivity index (χ2n) is 3.30. The zero-order valence-corrected chi connectivity index (χ0v) is 7.66. The minimum Gasteiger partial charge on any atom is -0.491 e. The van der Waals surface area contributed by atoms with Gasteiger partial charge in [-0.25, -0.2) is 0 Å². The van der Waals surface area contributed by atoms with Gasteiger partial charge >= 0.3 is 0 Å². The van der Waals surface area contributed by atoms with Crippen molar-refractivity contribution in [2.24, 2.45) is 0 Å². The highest BCUT2D eigenvalue weighted by molar-refractivity contribution is 5.88. The Morgan fingerprint density at radius 1 is 1.29 bits per heavy atom. The number of fused-ring (bicyclic) bond motifs is 3. The van der Waals surface area contributed by atoms with Crippen LogP contribution in [0.3, 0.4) is 0 Å². The first-order valence-electron chi connectivity index (χ1n) is 4.69. The lowest BCUT2D eigenvalue weighted by Gasteiger charge is -2.17. The van der Waals surface area contributed by atoms with Gasteiger partial charge in [-0.3, -0.25) is 4.98 Å². The molecule has 0 unspecified atom stereocenters. The van der Waals surface area contributed by atoms with Crippen molar-refractivity contribution in [2.75, 3.05) is 6.61 Å². The Kier molecular flexibility index (Phi) is 1.66. The summed E-state index contributed by atoms with van der Waals surface area (Å²) >= 11 is 0. The molecule has 0 amide bonds. The fourth-order valence-electron chi connectivity index (χ4n) is 1.73. The summed E-state index contributed by atoms with van der Waals surface area (Å²) in [5, 5.41) is 2.25.